The highest BCUT2D eigenvalue weighted by atomic mass is 16.2. The summed E-state index contributed by atoms with van der Waals surface area (Å²) in [5.74, 6) is 0.194. The van der Waals surface area contributed by atoms with Gasteiger partial charge in [-0.1, -0.05) is 42.0 Å². The van der Waals surface area contributed by atoms with Crippen molar-refractivity contribution < 1.29 is 4.79 Å². The second-order valence-electron chi connectivity index (χ2n) is 10.9. The lowest BCUT2D eigenvalue weighted by atomic mass is 9.50. The van der Waals surface area contributed by atoms with E-state index in [1.807, 2.05) is 0 Å². The van der Waals surface area contributed by atoms with Gasteiger partial charge in [-0.05, 0) is 55.5 Å². The molecular formula is C28H32N4O. The first-order valence-electron chi connectivity index (χ1n) is 12.3. The van der Waals surface area contributed by atoms with Crippen molar-refractivity contribution in [3.8, 4) is 0 Å². The van der Waals surface area contributed by atoms with Crippen LogP contribution >= 0.6 is 0 Å². The number of likely N-dealkylation sites (tertiary alicyclic amines) is 1. The smallest absolute Gasteiger partial charge is 0.220 e. The van der Waals surface area contributed by atoms with Gasteiger partial charge in [0.15, 0.2) is 0 Å². The molecule has 6 atom stereocenters. The van der Waals surface area contributed by atoms with Gasteiger partial charge in [-0.25, -0.2) is 0 Å². The van der Waals surface area contributed by atoms with Crippen molar-refractivity contribution in [1.82, 2.24) is 9.80 Å². The molecule has 5 nitrogen and oxygen atoms in total. The zero-order valence-corrected chi connectivity index (χ0v) is 19.9. The molecule has 0 saturated carbocycles. The molecule has 1 amide bonds. The highest BCUT2D eigenvalue weighted by Crippen LogP contribution is 2.71. The molecule has 2 spiro atoms. The number of amides is 1. The predicted molar refractivity (Wildman–Crippen MR) is 131 cm³/mol. The van der Waals surface area contributed by atoms with Crippen LogP contribution in [-0.2, 0) is 15.6 Å². The normalized spacial score (nSPS) is 36.5. The van der Waals surface area contributed by atoms with E-state index in [1.54, 1.807) is 6.92 Å². The number of carbonyl (C=O) groups excluding carboxylic acids is 1. The van der Waals surface area contributed by atoms with Crippen LogP contribution in [0.5, 0.6) is 0 Å². The van der Waals surface area contributed by atoms with Crippen LogP contribution in [0.2, 0.25) is 0 Å². The first-order chi connectivity index (χ1) is 15.9. The molecule has 6 heterocycles. The Labute approximate surface area is 196 Å². The first kappa shape index (κ1) is 19.7. The molecule has 2 bridgehead atoms. The summed E-state index contributed by atoms with van der Waals surface area (Å²) in [5, 5.41) is 3.99. The number of hydrogen-bond donors (Lipinski definition) is 1. The summed E-state index contributed by atoms with van der Waals surface area (Å²) in [6.07, 6.45) is 4.78. The lowest BCUT2D eigenvalue weighted by Gasteiger charge is -2.62. The Hall–Kier alpha value is -2.79. The fraction of sp³-hybridized carbons (Fsp3) is 0.464. The van der Waals surface area contributed by atoms with Crippen molar-refractivity contribution in [3.05, 3.63) is 70.8 Å². The first-order valence-corrected chi connectivity index (χ1v) is 12.3. The van der Waals surface area contributed by atoms with E-state index < -0.39 is 0 Å². The van der Waals surface area contributed by atoms with Crippen LogP contribution in [0, 0.1) is 0 Å². The maximum atomic E-state index is 13.1. The number of benzene rings is 2. The Kier molecular flexibility index (Phi) is 3.70. The van der Waals surface area contributed by atoms with E-state index in [0.29, 0.717) is 0 Å². The van der Waals surface area contributed by atoms with Crippen molar-refractivity contribution in [2.75, 3.05) is 30.4 Å². The number of allylic oxidation sites excluding steroid dienone is 1. The molecule has 2 aromatic rings. The molecule has 1 N–H and O–H groups in total. The molecular weight excluding hydrogens is 408 g/mol. The Balaban J connectivity index is 1.65. The van der Waals surface area contributed by atoms with Crippen molar-refractivity contribution in [1.29, 1.82) is 0 Å². The van der Waals surface area contributed by atoms with E-state index in [4.69, 9.17) is 0 Å². The van der Waals surface area contributed by atoms with Gasteiger partial charge in [0.1, 0.15) is 6.17 Å². The van der Waals surface area contributed by atoms with E-state index >= 15 is 0 Å². The number of para-hydroxylation sites is 1. The number of fused-ring (bicyclic) bond motifs is 2. The molecule has 0 aromatic heterocycles. The fourth-order valence-corrected chi connectivity index (χ4v) is 8.48. The van der Waals surface area contributed by atoms with E-state index in [1.165, 1.54) is 33.6 Å². The number of rotatable bonds is 1. The molecule has 6 aliphatic heterocycles. The fourth-order valence-electron chi connectivity index (χ4n) is 8.48. The van der Waals surface area contributed by atoms with Crippen molar-refractivity contribution in [2.24, 2.45) is 0 Å². The molecule has 1 unspecified atom stereocenters. The van der Waals surface area contributed by atoms with Crippen molar-refractivity contribution in [2.45, 2.75) is 62.8 Å². The van der Waals surface area contributed by atoms with Gasteiger partial charge in [0, 0.05) is 43.9 Å². The third-order valence-corrected chi connectivity index (χ3v) is 9.38. The van der Waals surface area contributed by atoms with Gasteiger partial charge in [0.05, 0.1) is 17.6 Å². The number of nitrogens with zero attached hydrogens (tertiary/aromatic N) is 3. The number of hydrogen-bond acceptors (Lipinski definition) is 4. The predicted octanol–water partition coefficient (Wildman–Crippen LogP) is 4.37. The monoisotopic (exact) mass is 440 g/mol. The zero-order valence-electron chi connectivity index (χ0n) is 19.9. The van der Waals surface area contributed by atoms with Gasteiger partial charge in [0.2, 0.25) is 5.91 Å². The lowest BCUT2D eigenvalue weighted by molar-refractivity contribution is -0.139. The van der Waals surface area contributed by atoms with Gasteiger partial charge in [-0.3, -0.25) is 9.69 Å². The standard InChI is InChI=1S/C28H32N4O/c1-17(2)16-23-19-8-7-11-22-24(19)28-13-15-32(23)26-27(28,12-14-31(26)18(3)33)20-9-5-6-10-21(20)29-25(28)30(22)4/h5-11,16,23,25-26,29H,12-15H2,1-4H3/t23-,25+,26+,27-,28-/m0/s1. The minimum absolute atomic E-state index is 0.0573. The topological polar surface area (TPSA) is 38.8 Å². The molecule has 0 aliphatic carbocycles. The van der Waals surface area contributed by atoms with E-state index in [-0.39, 0.29) is 35.1 Å². The summed E-state index contributed by atoms with van der Waals surface area (Å²) in [4.78, 5) is 20.4. The van der Waals surface area contributed by atoms with Gasteiger partial charge in [0.25, 0.3) is 0 Å². The molecule has 8 rings (SSSR count). The Morgan fingerprint density at radius 3 is 2.61 bits per heavy atom. The Bertz CT molecular complexity index is 1230. The summed E-state index contributed by atoms with van der Waals surface area (Å²) in [5.41, 5.74) is 8.06. The van der Waals surface area contributed by atoms with E-state index in [9.17, 15) is 4.79 Å². The van der Waals surface area contributed by atoms with E-state index in [0.717, 1.165) is 25.9 Å². The van der Waals surface area contributed by atoms with Crippen LogP contribution in [0.25, 0.3) is 0 Å². The van der Waals surface area contributed by atoms with Crippen LogP contribution in [-0.4, -0.2) is 48.2 Å². The second kappa shape index (κ2) is 6.20. The van der Waals surface area contributed by atoms with Crippen LogP contribution < -0.4 is 10.2 Å². The SMILES string of the molecule is CC(=O)N1CC[C@@]23c4ccccc4N[C@@H]4N(C)c5cccc6c5[C@@]42CCN([C@@H]13)[C@H]6C=C(C)C. The minimum Gasteiger partial charge on any atom is -0.364 e. The number of likely N-dealkylation sites (N-methyl/N-ethyl adjacent to an activating group) is 1. The maximum Gasteiger partial charge on any atom is 0.220 e. The van der Waals surface area contributed by atoms with Crippen LogP contribution in [0.3, 0.4) is 0 Å². The zero-order chi connectivity index (χ0) is 22.7. The Morgan fingerprint density at radius 2 is 1.82 bits per heavy atom. The van der Waals surface area contributed by atoms with Gasteiger partial charge in [-0.15, -0.1) is 0 Å². The average molecular weight is 441 g/mol. The van der Waals surface area contributed by atoms with E-state index in [2.05, 4.69) is 89.5 Å². The summed E-state index contributed by atoms with van der Waals surface area (Å²) in [7, 11) is 2.26. The highest BCUT2D eigenvalue weighted by molar-refractivity contribution is 5.80. The minimum atomic E-state index is -0.136. The molecule has 6 aliphatic rings. The van der Waals surface area contributed by atoms with Crippen molar-refractivity contribution in [3.63, 3.8) is 0 Å². The van der Waals surface area contributed by atoms with Gasteiger partial charge < -0.3 is 15.1 Å². The van der Waals surface area contributed by atoms with Gasteiger partial charge >= 0.3 is 0 Å². The molecule has 0 radical (unpaired) electrons. The van der Waals surface area contributed by atoms with Gasteiger partial charge in [-0.2, -0.15) is 0 Å². The number of carbonyl (C=O) groups is 1. The third kappa shape index (κ3) is 2.03. The number of anilines is 2. The van der Waals surface area contributed by atoms with Crippen molar-refractivity contribution >= 4 is 17.3 Å². The highest BCUT2D eigenvalue weighted by Gasteiger charge is 2.75. The molecule has 2 saturated heterocycles. The second-order valence-corrected chi connectivity index (χ2v) is 10.9. The number of piperidine rings is 1. The van der Waals surface area contributed by atoms with Crippen LogP contribution in [0.4, 0.5) is 11.4 Å². The largest absolute Gasteiger partial charge is 0.364 e. The molecule has 33 heavy (non-hydrogen) atoms. The number of nitrogens with one attached hydrogen (secondary N) is 1. The quantitative estimate of drug-likeness (QED) is 0.669. The summed E-state index contributed by atoms with van der Waals surface area (Å²) in [6, 6.07) is 16.0. The van der Waals surface area contributed by atoms with Crippen LogP contribution in [0.15, 0.2) is 54.1 Å². The summed E-state index contributed by atoms with van der Waals surface area (Å²) < 4.78 is 0. The Morgan fingerprint density at radius 1 is 1.03 bits per heavy atom. The molecule has 2 fully saturated rings. The lowest BCUT2D eigenvalue weighted by Crippen LogP contribution is -2.72. The molecule has 2 aromatic carbocycles. The van der Waals surface area contributed by atoms with Crippen LogP contribution in [0.1, 0.15) is 56.3 Å². The molecule has 170 valence electrons. The maximum absolute atomic E-state index is 13.1. The average Bonchev–Trinajstić information content (AvgIpc) is 3.25. The summed E-state index contributed by atoms with van der Waals surface area (Å²) >= 11 is 0. The summed E-state index contributed by atoms with van der Waals surface area (Å²) in [6.45, 7) is 7.98. The molecule has 5 heteroatoms. The third-order valence-electron chi connectivity index (χ3n) is 9.38.